The summed E-state index contributed by atoms with van der Waals surface area (Å²) in [7, 11) is 0. The van der Waals surface area contributed by atoms with Crippen LogP contribution in [-0.2, 0) is 0 Å². The van der Waals surface area contributed by atoms with E-state index in [1.54, 1.807) is 0 Å². The van der Waals surface area contributed by atoms with Gasteiger partial charge in [0.2, 0.25) is 0 Å². The van der Waals surface area contributed by atoms with Crippen LogP contribution >= 0.6 is 0 Å². The molecule has 2 heteroatoms. The van der Waals surface area contributed by atoms with Crippen molar-refractivity contribution in [3.63, 3.8) is 0 Å². The lowest BCUT2D eigenvalue weighted by molar-refractivity contribution is 0.197. The molecule has 1 aliphatic heterocycles. The summed E-state index contributed by atoms with van der Waals surface area (Å²) in [5.74, 6) is 0. The van der Waals surface area contributed by atoms with Gasteiger partial charge in [-0.25, -0.2) is 0 Å². The van der Waals surface area contributed by atoms with Gasteiger partial charge in [-0.05, 0) is 45.2 Å². The molecule has 1 heterocycles. The quantitative estimate of drug-likeness (QED) is 0.849. The zero-order valence-corrected chi connectivity index (χ0v) is 11.4. The van der Waals surface area contributed by atoms with E-state index in [1.807, 2.05) is 0 Å². The van der Waals surface area contributed by atoms with E-state index in [0.717, 1.165) is 13.0 Å². The zero-order chi connectivity index (χ0) is 12.6. The number of nitrogens with two attached hydrogens (primary N) is 1. The zero-order valence-electron chi connectivity index (χ0n) is 11.4. The first-order chi connectivity index (χ1) is 8.00. The van der Waals surface area contributed by atoms with Gasteiger partial charge in [0.25, 0.3) is 0 Å². The van der Waals surface area contributed by atoms with Gasteiger partial charge in [0, 0.05) is 18.6 Å². The van der Waals surface area contributed by atoms with E-state index in [4.69, 9.17) is 5.73 Å². The Hall–Kier alpha value is -0.860. The summed E-state index contributed by atoms with van der Waals surface area (Å²) in [5.41, 5.74) is 10.4. The van der Waals surface area contributed by atoms with Crippen LogP contribution in [0.5, 0.6) is 0 Å². The third kappa shape index (κ3) is 2.38. The molecule has 0 bridgehead atoms. The van der Waals surface area contributed by atoms with Crippen LogP contribution in [0.15, 0.2) is 18.2 Å². The summed E-state index contributed by atoms with van der Waals surface area (Å²) in [4.78, 5) is 2.53. The number of hydrogen-bond acceptors (Lipinski definition) is 2. The molecule has 17 heavy (non-hydrogen) atoms. The standard InChI is InChI=1S/C15H24N2/c1-10(2)17-8-7-14(16)15(17)13-6-5-11(3)9-12(13)4/h5-6,9-10,14-15H,7-8,16H2,1-4H3. The average molecular weight is 232 g/mol. The summed E-state index contributed by atoms with van der Waals surface area (Å²) in [6.45, 7) is 9.98. The van der Waals surface area contributed by atoms with Crippen molar-refractivity contribution in [3.8, 4) is 0 Å². The summed E-state index contributed by atoms with van der Waals surface area (Å²) >= 11 is 0. The Bertz CT molecular complexity index is 398. The maximum atomic E-state index is 6.30. The van der Waals surface area contributed by atoms with Gasteiger partial charge < -0.3 is 5.73 Å². The Kier molecular flexibility index (Phi) is 3.55. The van der Waals surface area contributed by atoms with Crippen LogP contribution in [0.25, 0.3) is 0 Å². The first-order valence-corrected chi connectivity index (χ1v) is 6.59. The summed E-state index contributed by atoms with van der Waals surface area (Å²) in [6, 6.07) is 7.96. The lowest BCUT2D eigenvalue weighted by Gasteiger charge is -2.31. The maximum absolute atomic E-state index is 6.30. The third-order valence-electron chi connectivity index (χ3n) is 3.89. The first-order valence-electron chi connectivity index (χ1n) is 6.59. The summed E-state index contributed by atoms with van der Waals surface area (Å²) in [6.07, 6.45) is 1.11. The minimum atomic E-state index is 0.277. The first kappa shape index (κ1) is 12.6. The van der Waals surface area contributed by atoms with Gasteiger partial charge in [-0.3, -0.25) is 4.90 Å². The van der Waals surface area contributed by atoms with Crippen molar-refractivity contribution in [3.05, 3.63) is 34.9 Å². The largest absolute Gasteiger partial charge is 0.326 e. The van der Waals surface area contributed by atoms with E-state index in [-0.39, 0.29) is 6.04 Å². The van der Waals surface area contributed by atoms with E-state index >= 15 is 0 Å². The highest BCUT2D eigenvalue weighted by atomic mass is 15.2. The van der Waals surface area contributed by atoms with Gasteiger partial charge in [-0.1, -0.05) is 23.8 Å². The Morgan fingerprint density at radius 3 is 2.59 bits per heavy atom. The predicted molar refractivity (Wildman–Crippen MR) is 73.1 cm³/mol. The number of benzene rings is 1. The minimum absolute atomic E-state index is 0.277. The van der Waals surface area contributed by atoms with E-state index in [1.165, 1.54) is 16.7 Å². The molecule has 1 fully saturated rings. The Labute approximate surface area is 105 Å². The van der Waals surface area contributed by atoms with Crippen LogP contribution < -0.4 is 5.73 Å². The van der Waals surface area contributed by atoms with Crippen molar-refractivity contribution < 1.29 is 0 Å². The van der Waals surface area contributed by atoms with Gasteiger partial charge in [0.15, 0.2) is 0 Å². The molecule has 1 aliphatic rings. The second kappa shape index (κ2) is 4.79. The Morgan fingerprint density at radius 2 is 2.00 bits per heavy atom. The van der Waals surface area contributed by atoms with Gasteiger partial charge in [-0.15, -0.1) is 0 Å². The minimum Gasteiger partial charge on any atom is -0.326 e. The van der Waals surface area contributed by atoms with Crippen LogP contribution in [0, 0.1) is 13.8 Å². The van der Waals surface area contributed by atoms with E-state index < -0.39 is 0 Å². The second-order valence-electron chi connectivity index (χ2n) is 5.59. The topological polar surface area (TPSA) is 29.3 Å². The number of likely N-dealkylation sites (tertiary alicyclic amines) is 1. The van der Waals surface area contributed by atoms with E-state index in [9.17, 15) is 0 Å². The molecular weight excluding hydrogens is 208 g/mol. The van der Waals surface area contributed by atoms with Gasteiger partial charge >= 0.3 is 0 Å². The molecule has 2 atom stereocenters. The van der Waals surface area contributed by atoms with E-state index in [0.29, 0.717) is 12.1 Å². The Balaban J connectivity index is 2.36. The van der Waals surface area contributed by atoms with Crippen LogP contribution in [0.2, 0.25) is 0 Å². The molecule has 0 amide bonds. The fourth-order valence-electron chi connectivity index (χ4n) is 2.99. The number of nitrogens with zero attached hydrogens (tertiary/aromatic N) is 1. The van der Waals surface area contributed by atoms with Crippen molar-refractivity contribution in [2.75, 3.05) is 6.54 Å². The van der Waals surface area contributed by atoms with Gasteiger partial charge in [-0.2, -0.15) is 0 Å². The van der Waals surface area contributed by atoms with Crippen LogP contribution in [0.4, 0.5) is 0 Å². The summed E-state index contributed by atoms with van der Waals surface area (Å²) < 4.78 is 0. The fraction of sp³-hybridized carbons (Fsp3) is 0.600. The van der Waals surface area contributed by atoms with Crippen molar-refractivity contribution in [1.82, 2.24) is 4.90 Å². The predicted octanol–water partition coefficient (Wildman–Crippen LogP) is 2.79. The molecule has 0 aliphatic carbocycles. The lowest BCUT2D eigenvalue weighted by atomic mass is 9.94. The number of hydrogen-bond donors (Lipinski definition) is 1. The highest BCUT2D eigenvalue weighted by Gasteiger charge is 2.34. The molecule has 2 N–H and O–H groups in total. The van der Waals surface area contributed by atoms with Gasteiger partial charge in [0.05, 0.1) is 6.04 Å². The van der Waals surface area contributed by atoms with Gasteiger partial charge in [0.1, 0.15) is 0 Å². The highest BCUT2D eigenvalue weighted by molar-refractivity contribution is 5.34. The maximum Gasteiger partial charge on any atom is 0.0504 e. The molecule has 0 spiro atoms. The second-order valence-corrected chi connectivity index (χ2v) is 5.59. The van der Waals surface area contributed by atoms with E-state index in [2.05, 4.69) is 50.8 Å². The highest BCUT2D eigenvalue weighted by Crippen LogP contribution is 2.34. The molecule has 1 saturated heterocycles. The SMILES string of the molecule is Cc1ccc(C2C(N)CCN2C(C)C)c(C)c1. The molecule has 0 radical (unpaired) electrons. The monoisotopic (exact) mass is 232 g/mol. The summed E-state index contributed by atoms with van der Waals surface area (Å²) in [5, 5.41) is 0. The van der Waals surface area contributed by atoms with Crippen LogP contribution in [0.3, 0.4) is 0 Å². The number of aryl methyl sites for hydroxylation is 2. The average Bonchev–Trinajstić information content (AvgIpc) is 2.60. The van der Waals surface area contributed by atoms with Crippen LogP contribution in [0.1, 0.15) is 43.0 Å². The fourth-order valence-corrected chi connectivity index (χ4v) is 2.99. The molecule has 1 aromatic rings. The molecule has 0 saturated carbocycles. The molecule has 2 nitrogen and oxygen atoms in total. The Morgan fingerprint density at radius 1 is 1.29 bits per heavy atom. The lowest BCUT2D eigenvalue weighted by Crippen LogP contribution is -2.36. The normalized spacial score (nSPS) is 25.8. The van der Waals surface area contributed by atoms with Crippen molar-refractivity contribution in [1.29, 1.82) is 0 Å². The van der Waals surface area contributed by atoms with Crippen molar-refractivity contribution in [2.45, 2.75) is 52.2 Å². The van der Waals surface area contributed by atoms with Crippen molar-refractivity contribution >= 4 is 0 Å². The molecular formula is C15H24N2. The molecule has 1 aromatic carbocycles. The smallest absolute Gasteiger partial charge is 0.0504 e. The molecule has 94 valence electrons. The number of rotatable bonds is 2. The van der Waals surface area contributed by atoms with Crippen LogP contribution in [-0.4, -0.2) is 23.5 Å². The molecule has 2 unspecified atom stereocenters. The van der Waals surface area contributed by atoms with Crippen molar-refractivity contribution in [2.24, 2.45) is 5.73 Å². The molecule has 0 aromatic heterocycles. The molecule has 2 rings (SSSR count). The third-order valence-corrected chi connectivity index (χ3v) is 3.89.